The van der Waals surface area contributed by atoms with Crippen molar-refractivity contribution in [2.75, 3.05) is 0 Å². The lowest BCUT2D eigenvalue weighted by Crippen LogP contribution is -2.47. The topological polar surface area (TPSA) is 0 Å². The summed E-state index contributed by atoms with van der Waals surface area (Å²) in [7, 11) is 0. The summed E-state index contributed by atoms with van der Waals surface area (Å²) >= 11 is 0. The predicted octanol–water partition coefficient (Wildman–Crippen LogP) is 4.16. The maximum atomic E-state index is 2.45. The van der Waals surface area contributed by atoms with Crippen molar-refractivity contribution in [3.63, 3.8) is 0 Å². The van der Waals surface area contributed by atoms with E-state index < -0.39 is 0 Å². The summed E-state index contributed by atoms with van der Waals surface area (Å²) in [6, 6.07) is 18.9. The summed E-state index contributed by atoms with van der Waals surface area (Å²) in [4.78, 5) is 0. The van der Waals surface area contributed by atoms with Crippen LogP contribution < -0.4 is 0 Å². The molecule has 4 unspecified atom stereocenters. The molecule has 2 aromatic carbocycles. The SMILES string of the molecule is c1ccc2c(c1)C1c3ccccc3C2C23C4C5CC2C13C54. The van der Waals surface area contributed by atoms with Gasteiger partial charge in [-0.25, -0.2) is 0 Å². The van der Waals surface area contributed by atoms with Gasteiger partial charge in [0.25, 0.3) is 0 Å². The van der Waals surface area contributed by atoms with Crippen LogP contribution in [0.2, 0.25) is 0 Å². The van der Waals surface area contributed by atoms with Crippen molar-refractivity contribution in [2.45, 2.75) is 18.3 Å². The van der Waals surface area contributed by atoms with E-state index in [1.165, 1.54) is 0 Å². The fourth-order valence-corrected chi connectivity index (χ4v) is 8.96. The van der Waals surface area contributed by atoms with Gasteiger partial charge in [0, 0.05) is 11.8 Å². The first kappa shape index (κ1) is 9.46. The molecule has 0 N–H and O–H groups in total. The highest BCUT2D eigenvalue weighted by Crippen LogP contribution is 3.12. The number of hydrogen-bond acceptors (Lipinski definition) is 0. The molecule has 0 saturated heterocycles. The molecule has 2 aromatic rings. The molecule has 10 rings (SSSR count). The van der Waals surface area contributed by atoms with Crippen LogP contribution in [0.1, 0.15) is 40.5 Å². The smallest absolute Gasteiger partial charge is 0.0163 e. The van der Waals surface area contributed by atoms with Gasteiger partial charge in [-0.3, -0.25) is 0 Å². The van der Waals surface area contributed by atoms with Gasteiger partial charge in [0.2, 0.25) is 0 Å². The van der Waals surface area contributed by atoms with E-state index in [1.54, 1.807) is 28.7 Å². The molecule has 0 aromatic heterocycles. The van der Waals surface area contributed by atoms with Crippen LogP contribution in [0, 0.1) is 34.5 Å². The minimum absolute atomic E-state index is 0.732. The Hall–Kier alpha value is -1.56. The third kappa shape index (κ3) is 0.571. The van der Waals surface area contributed by atoms with Crippen molar-refractivity contribution in [3.8, 4) is 0 Å². The molecular formula is C21H16. The normalized spacial score (nSPS) is 56.8. The highest BCUT2D eigenvalue weighted by Gasteiger charge is 3.08. The Labute approximate surface area is 124 Å². The maximum Gasteiger partial charge on any atom is 0.0163 e. The van der Waals surface area contributed by atoms with Crippen LogP contribution in [0.25, 0.3) is 0 Å². The standard InChI is InChI=1S/C21H16/c1-2-6-11-10(5-1)16-12-7-3-4-8-13(12)17(11)21-15-9-14-18(19(14)21)20(15,16)21/h1-8,14-19H,9H2. The van der Waals surface area contributed by atoms with E-state index in [0.717, 1.165) is 46.3 Å². The van der Waals surface area contributed by atoms with Gasteiger partial charge in [0.15, 0.2) is 0 Å². The molecule has 0 nitrogen and oxygen atoms in total. The van der Waals surface area contributed by atoms with Gasteiger partial charge in [-0.05, 0) is 63.2 Å². The van der Waals surface area contributed by atoms with E-state index >= 15 is 0 Å². The zero-order chi connectivity index (χ0) is 13.1. The monoisotopic (exact) mass is 268 g/mol. The average Bonchev–Trinajstić information content (AvgIpc) is 3.25. The molecule has 5 saturated carbocycles. The van der Waals surface area contributed by atoms with Crippen molar-refractivity contribution in [1.29, 1.82) is 0 Å². The quantitative estimate of drug-likeness (QED) is 0.673. The van der Waals surface area contributed by atoms with Gasteiger partial charge < -0.3 is 0 Å². The molecule has 4 bridgehead atoms. The van der Waals surface area contributed by atoms with Gasteiger partial charge >= 0.3 is 0 Å². The fraction of sp³-hybridized carbons (Fsp3) is 0.429. The molecular weight excluding hydrogens is 252 g/mol. The molecule has 100 valence electrons. The van der Waals surface area contributed by atoms with E-state index in [2.05, 4.69) is 48.5 Å². The highest BCUT2D eigenvalue weighted by molar-refractivity contribution is 5.71. The summed E-state index contributed by atoms with van der Waals surface area (Å²) in [5.41, 5.74) is 8.26. The minimum atomic E-state index is 0.732. The van der Waals surface area contributed by atoms with Crippen molar-refractivity contribution in [1.82, 2.24) is 0 Å². The van der Waals surface area contributed by atoms with Crippen LogP contribution in [0.5, 0.6) is 0 Å². The van der Waals surface area contributed by atoms with Gasteiger partial charge in [-0.15, -0.1) is 0 Å². The summed E-state index contributed by atoms with van der Waals surface area (Å²) < 4.78 is 0. The molecule has 0 heteroatoms. The van der Waals surface area contributed by atoms with Gasteiger partial charge in [0.1, 0.15) is 0 Å². The lowest BCUT2D eigenvalue weighted by molar-refractivity contribution is 0.0880. The van der Waals surface area contributed by atoms with Crippen molar-refractivity contribution >= 4 is 0 Å². The Morgan fingerprint density at radius 3 is 1.48 bits per heavy atom. The average molecular weight is 268 g/mol. The lowest BCUT2D eigenvalue weighted by Gasteiger charge is -2.55. The minimum Gasteiger partial charge on any atom is -0.0620 e. The van der Waals surface area contributed by atoms with Crippen LogP contribution in [-0.2, 0) is 0 Å². The van der Waals surface area contributed by atoms with E-state index in [1.807, 2.05) is 0 Å². The first-order valence-electron chi connectivity index (χ1n) is 8.61. The molecule has 0 heterocycles. The van der Waals surface area contributed by atoms with Crippen LogP contribution in [-0.4, -0.2) is 0 Å². The molecule has 21 heavy (non-hydrogen) atoms. The summed E-state index contributed by atoms with van der Waals surface area (Å²) in [6.45, 7) is 0. The fourth-order valence-electron chi connectivity index (χ4n) is 8.96. The van der Waals surface area contributed by atoms with Crippen molar-refractivity contribution < 1.29 is 0 Å². The van der Waals surface area contributed by atoms with Crippen LogP contribution in [0.3, 0.4) is 0 Å². The molecule has 0 amide bonds. The number of hydrogen-bond donors (Lipinski definition) is 0. The van der Waals surface area contributed by atoms with E-state index in [0.29, 0.717) is 0 Å². The van der Waals surface area contributed by atoms with E-state index in [9.17, 15) is 0 Å². The third-order valence-corrected chi connectivity index (χ3v) is 8.79. The van der Waals surface area contributed by atoms with Crippen LogP contribution in [0.15, 0.2) is 48.5 Å². The Morgan fingerprint density at radius 1 is 0.667 bits per heavy atom. The number of benzene rings is 2. The summed E-state index contributed by atoms with van der Waals surface area (Å²) in [6.07, 6.45) is 1.57. The van der Waals surface area contributed by atoms with Crippen molar-refractivity contribution in [3.05, 3.63) is 70.8 Å². The van der Waals surface area contributed by atoms with Crippen LogP contribution in [0.4, 0.5) is 0 Å². The zero-order valence-electron chi connectivity index (χ0n) is 11.8. The maximum absolute atomic E-state index is 2.45. The molecule has 8 aliphatic carbocycles. The van der Waals surface area contributed by atoms with E-state index in [4.69, 9.17) is 0 Å². The first-order valence-corrected chi connectivity index (χ1v) is 8.61. The molecule has 2 spiro atoms. The second kappa shape index (κ2) is 2.29. The van der Waals surface area contributed by atoms with E-state index in [-0.39, 0.29) is 0 Å². The van der Waals surface area contributed by atoms with Crippen molar-refractivity contribution in [2.24, 2.45) is 34.5 Å². The van der Waals surface area contributed by atoms with Gasteiger partial charge in [-0.2, -0.15) is 0 Å². The second-order valence-electron chi connectivity index (χ2n) is 8.49. The second-order valence-corrected chi connectivity index (χ2v) is 8.49. The third-order valence-electron chi connectivity index (χ3n) is 8.79. The summed E-state index contributed by atoms with van der Waals surface area (Å²) in [5.74, 6) is 5.93. The molecule has 4 atom stereocenters. The Balaban J connectivity index is 1.59. The number of rotatable bonds is 0. The molecule has 0 aliphatic heterocycles. The first-order chi connectivity index (χ1) is 10.4. The van der Waals surface area contributed by atoms with Crippen LogP contribution >= 0.6 is 0 Å². The Kier molecular flexibility index (Phi) is 1.03. The van der Waals surface area contributed by atoms with Gasteiger partial charge in [0.05, 0.1) is 0 Å². The Bertz CT molecular complexity index is 777. The van der Waals surface area contributed by atoms with Gasteiger partial charge in [-0.1, -0.05) is 48.5 Å². The zero-order valence-corrected chi connectivity index (χ0v) is 11.8. The summed E-state index contributed by atoms with van der Waals surface area (Å²) in [5, 5.41) is 0. The molecule has 0 radical (unpaired) electrons. The molecule has 5 fully saturated rings. The predicted molar refractivity (Wildman–Crippen MR) is 80.0 cm³/mol. The Morgan fingerprint density at radius 2 is 1.10 bits per heavy atom. The lowest BCUT2D eigenvalue weighted by atomic mass is 9.47. The molecule has 8 aliphatic rings. The largest absolute Gasteiger partial charge is 0.0620 e. The highest BCUT2D eigenvalue weighted by atomic mass is 15.1.